The van der Waals surface area contributed by atoms with E-state index in [0.29, 0.717) is 35.9 Å². The van der Waals surface area contributed by atoms with Crippen LogP contribution in [0, 0.1) is 29.6 Å². The molecule has 1 saturated heterocycles. The van der Waals surface area contributed by atoms with Gasteiger partial charge in [0.15, 0.2) is 11.5 Å². The van der Waals surface area contributed by atoms with Crippen molar-refractivity contribution in [3.8, 4) is 23.3 Å². The minimum absolute atomic E-state index is 0.133. The lowest BCUT2D eigenvalue weighted by atomic mass is 9.51. The molecule has 2 unspecified atom stereocenters. The zero-order valence-electron chi connectivity index (χ0n) is 26.3. The van der Waals surface area contributed by atoms with Crippen LogP contribution in [-0.4, -0.2) is 70.7 Å². The van der Waals surface area contributed by atoms with Crippen LogP contribution in [0.2, 0.25) is 0 Å². The molecule has 46 heavy (non-hydrogen) atoms. The van der Waals surface area contributed by atoms with E-state index < -0.39 is 17.7 Å². The number of halogens is 3. The van der Waals surface area contributed by atoms with E-state index in [1.165, 1.54) is 24.6 Å². The highest BCUT2D eigenvalue weighted by atomic mass is 19.4. The Labute approximate surface area is 267 Å². The Kier molecular flexibility index (Phi) is 7.64. The van der Waals surface area contributed by atoms with E-state index in [2.05, 4.69) is 22.8 Å². The van der Waals surface area contributed by atoms with Gasteiger partial charge < -0.3 is 19.5 Å². The molecule has 7 rings (SSSR count). The van der Waals surface area contributed by atoms with Crippen molar-refractivity contribution in [2.45, 2.75) is 88.8 Å². The first-order valence-electron chi connectivity index (χ1n) is 16.3. The number of nitrogens with zero attached hydrogens (tertiary/aromatic N) is 2. The highest BCUT2D eigenvalue weighted by Crippen LogP contribution is 2.64. The minimum Gasteiger partial charge on any atom is -0.483 e. The second-order valence-corrected chi connectivity index (χ2v) is 14.1. The highest BCUT2D eigenvalue weighted by Gasteiger charge is 2.67. The number of esters is 1. The maximum absolute atomic E-state index is 13.9. The Hall–Kier alpha value is -3.55. The van der Waals surface area contributed by atoms with Gasteiger partial charge in [0.05, 0.1) is 17.7 Å². The number of benzene rings is 2. The number of carbonyl (C=O) groups is 2. The number of aliphatic hydroxyl groups excluding tert-OH is 1. The number of hydrogen-bond acceptors (Lipinski definition) is 6. The summed E-state index contributed by atoms with van der Waals surface area (Å²) in [5, 5.41) is 10.1. The fraction of sp³-hybridized carbons (Fsp3) is 0.556. The Morgan fingerprint density at radius 2 is 1.91 bits per heavy atom. The van der Waals surface area contributed by atoms with E-state index in [9.17, 15) is 27.9 Å². The van der Waals surface area contributed by atoms with Gasteiger partial charge in [-0.25, -0.2) is 0 Å². The lowest BCUT2D eigenvalue weighted by Gasteiger charge is -2.60. The molecule has 1 spiro atoms. The third kappa shape index (κ3) is 5.26. The van der Waals surface area contributed by atoms with Crippen LogP contribution in [0.3, 0.4) is 0 Å². The van der Waals surface area contributed by atoms with Crippen LogP contribution in [0.25, 0.3) is 0 Å². The van der Waals surface area contributed by atoms with Crippen molar-refractivity contribution in [3.63, 3.8) is 0 Å². The first kappa shape index (κ1) is 31.1. The molecule has 7 nitrogen and oxygen atoms in total. The quantitative estimate of drug-likeness (QED) is 0.275. The second-order valence-electron chi connectivity index (χ2n) is 14.1. The first-order valence-corrected chi connectivity index (χ1v) is 16.3. The van der Waals surface area contributed by atoms with Gasteiger partial charge in [0, 0.05) is 54.4 Å². The van der Waals surface area contributed by atoms with Crippen molar-refractivity contribution >= 4 is 11.9 Å². The summed E-state index contributed by atoms with van der Waals surface area (Å²) in [6.45, 7) is 7.61. The average molecular weight is 637 g/mol. The third-order valence-electron chi connectivity index (χ3n) is 10.7. The van der Waals surface area contributed by atoms with E-state index in [4.69, 9.17) is 9.47 Å². The predicted molar refractivity (Wildman–Crippen MR) is 163 cm³/mol. The molecule has 0 aromatic heterocycles. The van der Waals surface area contributed by atoms with E-state index in [1.807, 2.05) is 24.8 Å². The van der Waals surface area contributed by atoms with Crippen molar-refractivity contribution in [3.05, 3.63) is 58.7 Å². The Balaban J connectivity index is 1.24. The molecule has 7 atom stereocenters. The predicted octanol–water partition coefficient (Wildman–Crippen LogP) is 4.96. The Bertz CT molecular complexity index is 1610. The number of hydrogen-bond donors (Lipinski definition) is 1. The standard InChI is InChI=1S/C36H39F3N2O5/c1-20(2)18-41(31(44)13-6-22-4-8-25(9-5-22)36(37,38)39)27-11-10-26-28-16-23-7-12-30(45-21(3)42)33-32(23)35(26,34(27)46-33)14-15-40(28)19-24-17-29(24)43/h4-5,7-9,12,20,24,26-29,34,43H,10-11,14-19H2,1-3H3/t24?,26-,27-,28+,29?,34-,35-/m0/s1. The average Bonchev–Trinajstić information content (AvgIpc) is 3.58. The van der Waals surface area contributed by atoms with E-state index in [1.54, 1.807) is 0 Å². The summed E-state index contributed by atoms with van der Waals surface area (Å²) in [6, 6.07) is 8.36. The van der Waals surface area contributed by atoms with Gasteiger partial charge >= 0.3 is 12.1 Å². The van der Waals surface area contributed by atoms with Crippen LogP contribution in [-0.2, 0) is 27.6 Å². The minimum atomic E-state index is -4.45. The largest absolute Gasteiger partial charge is 0.483 e. The zero-order chi connectivity index (χ0) is 32.5. The molecule has 2 aromatic carbocycles. The summed E-state index contributed by atoms with van der Waals surface area (Å²) in [6.07, 6.45) is -0.932. The van der Waals surface area contributed by atoms with Crippen LogP contribution in [0.1, 0.15) is 68.7 Å². The molecule has 5 aliphatic rings. The summed E-state index contributed by atoms with van der Waals surface area (Å²) in [5.41, 5.74) is 1.48. The molecule has 3 aliphatic carbocycles. The van der Waals surface area contributed by atoms with Crippen LogP contribution in [0.4, 0.5) is 13.2 Å². The maximum Gasteiger partial charge on any atom is 0.416 e. The highest BCUT2D eigenvalue weighted by molar-refractivity contribution is 5.94. The molecule has 1 N–H and O–H groups in total. The number of carbonyl (C=O) groups excluding carboxylic acids is 2. The zero-order valence-corrected chi connectivity index (χ0v) is 26.3. The number of ether oxygens (including phenoxy) is 2. The molecule has 2 saturated carbocycles. The van der Waals surface area contributed by atoms with E-state index in [0.717, 1.165) is 56.5 Å². The summed E-state index contributed by atoms with van der Waals surface area (Å²) >= 11 is 0. The van der Waals surface area contributed by atoms with Crippen molar-refractivity contribution in [1.29, 1.82) is 0 Å². The lowest BCUT2D eigenvalue weighted by Crippen LogP contribution is -2.69. The monoisotopic (exact) mass is 636 g/mol. The van der Waals surface area contributed by atoms with Gasteiger partial charge in [0.1, 0.15) is 6.10 Å². The van der Waals surface area contributed by atoms with Crippen LogP contribution < -0.4 is 9.47 Å². The molecular weight excluding hydrogens is 597 g/mol. The van der Waals surface area contributed by atoms with Gasteiger partial charge in [-0.05, 0) is 86.4 Å². The normalized spacial score (nSPS) is 30.5. The summed E-state index contributed by atoms with van der Waals surface area (Å²) in [5.74, 6) is 6.43. The van der Waals surface area contributed by atoms with Gasteiger partial charge in [-0.2, -0.15) is 13.2 Å². The number of amides is 1. The van der Waals surface area contributed by atoms with Crippen molar-refractivity contribution in [2.24, 2.45) is 17.8 Å². The smallest absolute Gasteiger partial charge is 0.416 e. The van der Waals surface area contributed by atoms with E-state index in [-0.39, 0.29) is 47.4 Å². The van der Waals surface area contributed by atoms with Gasteiger partial charge in [0.2, 0.25) is 0 Å². The summed E-state index contributed by atoms with van der Waals surface area (Å²) < 4.78 is 51.7. The fourth-order valence-electron chi connectivity index (χ4n) is 8.80. The van der Waals surface area contributed by atoms with E-state index >= 15 is 0 Å². The molecule has 0 radical (unpaired) electrons. The number of likely N-dealkylation sites (tertiary alicyclic amines) is 1. The SMILES string of the molecule is CC(=O)Oc1ccc2c3c1O[C@H]1[C@@H](N(CC(C)C)C(=O)C#Cc4ccc(C(F)(F)F)cc4)CC[C@H]4[C@@H](C2)N(CC2CC2O)CC[C@@]341. The van der Waals surface area contributed by atoms with Crippen molar-refractivity contribution in [2.75, 3.05) is 19.6 Å². The number of aliphatic hydroxyl groups is 1. The third-order valence-corrected chi connectivity index (χ3v) is 10.7. The van der Waals surface area contributed by atoms with Crippen LogP contribution >= 0.6 is 0 Å². The fourth-order valence-corrected chi connectivity index (χ4v) is 8.80. The lowest BCUT2D eigenvalue weighted by molar-refractivity contribution is -0.138. The second kappa shape index (κ2) is 11.3. The molecule has 1 amide bonds. The van der Waals surface area contributed by atoms with Gasteiger partial charge in [-0.3, -0.25) is 14.5 Å². The molecule has 244 valence electrons. The number of piperidine rings is 1. The summed E-state index contributed by atoms with van der Waals surface area (Å²) in [4.78, 5) is 30.4. The number of rotatable bonds is 6. The summed E-state index contributed by atoms with van der Waals surface area (Å²) in [7, 11) is 0. The topological polar surface area (TPSA) is 79.3 Å². The first-order chi connectivity index (χ1) is 21.9. The number of alkyl halides is 3. The molecule has 2 aromatic rings. The molecule has 10 heteroatoms. The maximum atomic E-state index is 13.9. The van der Waals surface area contributed by atoms with Gasteiger partial charge in [0.25, 0.3) is 5.91 Å². The molecule has 2 aliphatic heterocycles. The van der Waals surface area contributed by atoms with Crippen molar-refractivity contribution in [1.82, 2.24) is 9.80 Å². The van der Waals surface area contributed by atoms with Crippen LogP contribution in [0.5, 0.6) is 11.5 Å². The van der Waals surface area contributed by atoms with Crippen LogP contribution in [0.15, 0.2) is 36.4 Å². The molecular formula is C36H39F3N2O5. The van der Waals surface area contributed by atoms with Gasteiger partial charge in [-0.15, -0.1) is 0 Å². The van der Waals surface area contributed by atoms with Crippen molar-refractivity contribution < 1.29 is 37.3 Å². The molecule has 3 fully saturated rings. The Morgan fingerprint density at radius 3 is 2.57 bits per heavy atom. The Morgan fingerprint density at radius 1 is 1.17 bits per heavy atom. The molecule has 2 bridgehead atoms. The van der Waals surface area contributed by atoms with Gasteiger partial charge in [-0.1, -0.05) is 25.8 Å². The molecule has 2 heterocycles.